The van der Waals surface area contributed by atoms with Crippen molar-refractivity contribution in [3.8, 4) is 22.8 Å². The van der Waals surface area contributed by atoms with Gasteiger partial charge >= 0.3 is 0 Å². The van der Waals surface area contributed by atoms with Crippen LogP contribution < -0.4 is 10.5 Å². The molecule has 1 aliphatic heterocycles. The summed E-state index contributed by atoms with van der Waals surface area (Å²) in [4.78, 5) is 26.8. The normalized spacial score (nSPS) is 21.3. The van der Waals surface area contributed by atoms with Gasteiger partial charge in [-0.1, -0.05) is 6.58 Å². The van der Waals surface area contributed by atoms with Crippen LogP contribution in [0.3, 0.4) is 0 Å². The number of pyridine rings is 1. The Morgan fingerprint density at radius 3 is 2.54 bits per heavy atom. The largest absolute Gasteiger partial charge is 0.456 e. The van der Waals surface area contributed by atoms with E-state index in [0.29, 0.717) is 29.2 Å². The molecule has 1 saturated heterocycles. The maximum Gasteiger partial charge on any atom is 0.245 e. The summed E-state index contributed by atoms with van der Waals surface area (Å²) < 4.78 is 7.89. The SMILES string of the molecule is C=CC(=O)N1CC2CC(n3nc(-c4ccc(Oc5cccnc5)cc4)c4c(N)ncnc43)CC2C1. The third-order valence-electron chi connectivity index (χ3n) is 7.07. The van der Waals surface area contributed by atoms with E-state index in [0.717, 1.165) is 48.2 Å². The Hall–Kier alpha value is -4.27. The van der Waals surface area contributed by atoms with E-state index in [4.69, 9.17) is 15.6 Å². The quantitative estimate of drug-likeness (QED) is 0.444. The van der Waals surface area contributed by atoms with Gasteiger partial charge in [-0.25, -0.2) is 14.6 Å². The van der Waals surface area contributed by atoms with Crippen molar-refractivity contribution >= 4 is 22.8 Å². The number of nitrogen functional groups attached to an aromatic ring is 1. The van der Waals surface area contributed by atoms with Gasteiger partial charge in [0.1, 0.15) is 29.3 Å². The van der Waals surface area contributed by atoms with Gasteiger partial charge < -0.3 is 15.4 Å². The first-order valence-corrected chi connectivity index (χ1v) is 11.7. The third-order valence-corrected chi connectivity index (χ3v) is 7.07. The lowest BCUT2D eigenvalue weighted by atomic mass is 10.0. The van der Waals surface area contributed by atoms with Gasteiger partial charge in [0.15, 0.2) is 5.65 Å². The molecule has 2 fully saturated rings. The molecule has 4 aromatic rings. The molecule has 2 N–H and O–H groups in total. The predicted molar refractivity (Wildman–Crippen MR) is 132 cm³/mol. The number of nitrogens with zero attached hydrogens (tertiary/aromatic N) is 6. The van der Waals surface area contributed by atoms with Crippen LogP contribution in [0, 0.1) is 11.8 Å². The molecule has 6 rings (SSSR count). The second-order valence-corrected chi connectivity index (χ2v) is 9.16. The van der Waals surface area contributed by atoms with Gasteiger partial charge in [-0.2, -0.15) is 5.10 Å². The van der Waals surface area contributed by atoms with E-state index in [1.807, 2.05) is 46.0 Å². The van der Waals surface area contributed by atoms with Crippen LogP contribution in [0.2, 0.25) is 0 Å². The topological polar surface area (TPSA) is 112 Å². The number of fused-ring (bicyclic) bond motifs is 2. The minimum atomic E-state index is 0.0132. The summed E-state index contributed by atoms with van der Waals surface area (Å²) in [5.41, 5.74) is 8.72. The molecule has 2 atom stereocenters. The highest BCUT2D eigenvalue weighted by molar-refractivity contribution is 5.98. The van der Waals surface area contributed by atoms with Crippen molar-refractivity contribution < 1.29 is 9.53 Å². The minimum absolute atomic E-state index is 0.0132. The number of ether oxygens (including phenoxy) is 1. The van der Waals surface area contributed by atoms with Gasteiger partial charge in [0.2, 0.25) is 5.91 Å². The van der Waals surface area contributed by atoms with Gasteiger partial charge in [-0.05, 0) is 67.2 Å². The van der Waals surface area contributed by atoms with E-state index in [-0.39, 0.29) is 11.9 Å². The molecule has 9 nitrogen and oxygen atoms in total. The zero-order valence-corrected chi connectivity index (χ0v) is 19.1. The van der Waals surface area contributed by atoms with Gasteiger partial charge in [-0.15, -0.1) is 0 Å². The first kappa shape index (κ1) is 21.3. The molecule has 0 radical (unpaired) electrons. The molecular formula is C26H25N7O2. The van der Waals surface area contributed by atoms with Gasteiger partial charge in [0, 0.05) is 24.8 Å². The summed E-state index contributed by atoms with van der Waals surface area (Å²) in [6.07, 6.45) is 8.17. The molecule has 9 heteroatoms. The molecule has 4 heterocycles. The standard InChI is InChI=1S/C26H25N7O2/c1-2-22(34)32-13-17-10-19(11-18(17)14-32)33-26-23(25(27)29-15-30-26)24(31-33)16-5-7-20(8-6-16)35-21-4-3-9-28-12-21/h2-9,12,15,17-19H,1,10-11,13-14H2,(H2,27,29,30). The molecule has 1 saturated carbocycles. The third kappa shape index (κ3) is 3.78. The fourth-order valence-corrected chi connectivity index (χ4v) is 5.45. The lowest BCUT2D eigenvalue weighted by molar-refractivity contribution is -0.125. The monoisotopic (exact) mass is 467 g/mol. The van der Waals surface area contributed by atoms with Crippen LogP contribution in [0.15, 0.2) is 67.8 Å². The van der Waals surface area contributed by atoms with E-state index in [2.05, 4.69) is 21.5 Å². The molecule has 1 aliphatic carbocycles. The highest BCUT2D eigenvalue weighted by Crippen LogP contribution is 2.45. The van der Waals surface area contributed by atoms with E-state index >= 15 is 0 Å². The lowest BCUT2D eigenvalue weighted by Gasteiger charge is -2.18. The van der Waals surface area contributed by atoms with E-state index < -0.39 is 0 Å². The number of hydrogen-bond acceptors (Lipinski definition) is 7. The number of amides is 1. The lowest BCUT2D eigenvalue weighted by Crippen LogP contribution is -2.28. The van der Waals surface area contributed by atoms with Crippen LogP contribution in [0.25, 0.3) is 22.3 Å². The predicted octanol–water partition coefficient (Wildman–Crippen LogP) is 3.86. The van der Waals surface area contributed by atoms with Crippen LogP contribution in [0.4, 0.5) is 5.82 Å². The molecule has 2 aliphatic rings. The summed E-state index contributed by atoms with van der Waals surface area (Å²) in [5, 5.41) is 5.76. The molecule has 35 heavy (non-hydrogen) atoms. The zero-order chi connectivity index (χ0) is 23.9. The number of nitrogens with two attached hydrogens (primary N) is 1. The number of carbonyl (C=O) groups is 1. The van der Waals surface area contributed by atoms with Crippen molar-refractivity contribution in [1.82, 2.24) is 29.6 Å². The van der Waals surface area contributed by atoms with E-state index in [1.54, 1.807) is 12.4 Å². The van der Waals surface area contributed by atoms with Crippen molar-refractivity contribution in [2.24, 2.45) is 11.8 Å². The second-order valence-electron chi connectivity index (χ2n) is 9.16. The Kier molecular flexibility index (Phi) is 5.17. The van der Waals surface area contributed by atoms with E-state index in [9.17, 15) is 4.79 Å². The maximum atomic E-state index is 12.0. The highest BCUT2D eigenvalue weighted by atomic mass is 16.5. The summed E-state index contributed by atoms with van der Waals surface area (Å²) >= 11 is 0. The Bertz CT molecular complexity index is 1390. The number of anilines is 1. The van der Waals surface area contributed by atoms with Crippen molar-refractivity contribution in [3.05, 3.63) is 67.8 Å². The van der Waals surface area contributed by atoms with Crippen molar-refractivity contribution in [2.75, 3.05) is 18.8 Å². The molecule has 3 aromatic heterocycles. The zero-order valence-electron chi connectivity index (χ0n) is 19.1. The number of carbonyl (C=O) groups excluding carboxylic acids is 1. The van der Waals surface area contributed by atoms with Gasteiger partial charge in [0.25, 0.3) is 0 Å². The van der Waals surface area contributed by atoms with Gasteiger partial charge in [0.05, 0.1) is 17.6 Å². The first-order valence-electron chi connectivity index (χ1n) is 11.7. The maximum absolute atomic E-state index is 12.0. The molecule has 1 aromatic carbocycles. The first-order chi connectivity index (χ1) is 17.1. The average molecular weight is 468 g/mol. The van der Waals surface area contributed by atoms with Gasteiger partial charge in [-0.3, -0.25) is 9.78 Å². The Balaban J connectivity index is 1.30. The second kappa shape index (κ2) is 8.50. The van der Waals surface area contributed by atoms with Crippen molar-refractivity contribution in [1.29, 1.82) is 0 Å². The van der Waals surface area contributed by atoms with Crippen LogP contribution in [-0.4, -0.2) is 48.6 Å². The van der Waals surface area contributed by atoms with E-state index in [1.165, 1.54) is 12.4 Å². The number of likely N-dealkylation sites (tertiary alicyclic amines) is 1. The fourth-order valence-electron chi connectivity index (χ4n) is 5.45. The van der Waals surface area contributed by atoms with Crippen LogP contribution in [0.5, 0.6) is 11.5 Å². The van der Waals surface area contributed by atoms with Crippen LogP contribution in [-0.2, 0) is 4.79 Å². The minimum Gasteiger partial charge on any atom is -0.456 e. The summed E-state index contributed by atoms with van der Waals surface area (Å²) in [6, 6.07) is 11.6. The smallest absolute Gasteiger partial charge is 0.245 e. The molecule has 1 amide bonds. The number of aromatic nitrogens is 5. The number of rotatable bonds is 5. The molecular weight excluding hydrogens is 442 g/mol. The summed E-state index contributed by atoms with van der Waals surface area (Å²) in [6.45, 7) is 5.16. The molecule has 2 unspecified atom stereocenters. The highest BCUT2D eigenvalue weighted by Gasteiger charge is 2.43. The summed E-state index contributed by atoms with van der Waals surface area (Å²) in [7, 11) is 0. The average Bonchev–Trinajstić information content (AvgIpc) is 3.57. The Labute approximate surface area is 202 Å². The summed E-state index contributed by atoms with van der Waals surface area (Å²) in [5.74, 6) is 2.71. The number of hydrogen-bond donors (Lipinski definition) is 1. The van der Waals surface area contributed by atoms with Crippen LogP contribution >= 0.6 is 0 Å². The fraction of sp³-hybridized carbons (Fsp3) is 0.269. The van der Waals surface area contributed by atoms with Crippen molar-refractivity contribution in [3.63, 3.8) is 0 Å². The van der Waals surface area contributed by atoms with Crippen LogP contribution in [0.1, 0.15) is 18.9 Å². The molecule has 0 bridgehead atoms. The Morgan fingerprint density at radius 1 is 1.09 bits per heavy atom. The molecule has 0 spiro atoms. The molecule has 176 valence electrons. The Morgan fingerprint density at radius 2 is 1.86 bits per heavy atom. The van der Waals surface area contributed by atoms with Crippen molar-refractivity contribution in [2.45, 2.75) is 18.9 Å². The number of benzene rings is 1.